The SMILES string of the molecule is O=C(CCCO)N1CCOCC1CO. The third-order valence-electron chi connectivity index (χ3n) is 2.31. The lowest BCUT2D eigenvalue weighted by atomic mass is 10.2. The Bertz CT molecular complexity index is 186. The number of amides is 1. The van der Waals surface area contributed by atoms with Gasteiger partial charge in [0.05, 0.1) is 25.9 Å². The van der Waals surface area contributed by atoms with Gasteiger partial charge in [0, 0.05) is 19.6 Å². The molecular formula is C9H17NO4. The lowest BCUT2D eigenvalue weighted by Crippen LogP contribution is -2.50. The average Bonchev–Trinajstić information content (AvgIpc) is 2.25. The van der Waals surface area contributed by atoms with Crippen LogP contribution in [0.3, 0.4) is 0 Å². The summed E-state index contributed by atoms with van der Waals surface area (Å²) in [5.74, 6) is -0.0126. The molecule has 1 fully saturated rings. The number of carbonyl (C=O) groups is 1. The Labute approximate surface area is 83.3 Å². The number of aliphatic hydroxyl groups excluding tert-OH is 2. The zero-order valence-electron chi connectivity index (χ0n) is 8.19. The van der Waals surface area contributed by atoms with Gasteiger partial charge in [-0.15, -0.1) is 0 Å². The molecule has 0 bridgehead atoms. The Kier molecular flexibility index (Phi) is 4.86. The average molecular weight is 203 g/mol. The first-order valence-electron chi connectivity index (χ1n) is 4.88. The molecule has 0 spiro atoms. The summed E-state index contributed by atoms with van der Waals surface area (Å²) in [6.45, 7) is 1.43. The van der Waals surface area contributed by atoms with Gasteiger partial charge in [0.25, 0.3) is 0 Å². The van der Waals surface area contributed by atoms with Gasteiger partial charge in [0.2, 0.25) is 5.91 Å². The van der Waals surface area contributed by atoms with Crippen LogP contribution in [0.1, 0.15) is 12.8 Å². The zero-order chi connectivity index (χ0) is 10.4. The van der Waals surface area contributed by atoms with Crippen LogP contribution in [0.5, 0.6) is 0 Å². The van der Waals surface area contributed by atoms with Crippen molar-refractivity contribution in [3.05, 3.63) is 0 Å². The van der Waals surface area contributed by atoms with Crippen LogP contribution in [0.15, 0.2) is 0 Å². The van der Waals surface area contributed by atoms with Crippen LogP contribution < -0.4 is 0 Å². The number of hydrogen-bond donors (Lipinski definition) is 2. The van der Waals surface area contributed by atoms with Crippen LogP contribution in [-0.2, 0) is 9.53 Å². The lowest BCUT2D eigenvalue weighted by Gasteiger charge is -2.34. The molecule has 1 aliphatic rings. The second-order valence-corrected chi connectivity index (χ2v) is 3.33. The minimum atomic E-state index is -0.213. The standard InChI is InChI=1S/C9H17NO4/c11-4-1-2-9(13)10-3-5-14-7-8(10)6-12/h8,11-12H,1-7H2. The molecule has 5 heteroatoms. The molecule has 1 heterocycles. The van der Waals surface area contributed by atoms with Gasteiger partial charge in [0.15, 0.2) is 0 Å². The highest BCUT2D eigenvalue weighted by Crippen LogP contribution is 2.09. The normalized spacial score (nSPS) is 22.4. The van der Waals surface area contributed by atoms with Crippen molar-refractivity contribution in [2.45, 2.75) is 18.9 Å². The number of morpholine rings is 1. The molecular weight excluding hydrogens is 186 g/mol. The topological polar surface area (TPSA) is 70.0 Å². The van der Waals surface area contributed by atoms with Gasteiger partial charge in [-0.2, -0.15) is 0 Å². The van der Waals surface area contributed by atoms with Crippen LogP contribution in [0.4, 0.5) is 0 Å². The Morgan fingerprint density at radius 3 is 2.93 bits per heavy atom. The quantitative estimate of drug-likeness (QED) is 0.613. The van der Waals surface area contributed by atoms with Gasteiger partial charge in [-0.05, 0) is 6.42 Å². The van der Waals surface area contributed by atoms with Gasteiger partial charge in [-0.3, -0.25) is 4.79 Å². The smallest absolute Gasteiger partial charge is 0.223 e. The molecule has 1 saturated heterocycles. The summed E-state index contributed by atoms with van der Waals surface area (Å²) in [5, 5.41) is 17.6. The van der Waals surface area contributed by atoms with Gasteiger partial charge in [-0.25, -0.2) is 0 Å². The van der Waals surface area contributed by atoms with E-state index < -0.39 is 0 Å². The highest BCUT2D eigenvalue weighted by molar-refractivity contribution is 5.76. The molecule has 5 nitrogen and oxygen atoms in total. The van der Waals surface area contributed by atoms with Gasteiger partial charge >= 0.3 is 0 Å². The van der Waals surface area contributed by atoms with E-state index in [9.17, 15) is 4.79 Å². The molecule has 0 saturated carbocycles. The molecule has 0 aliphatic carbocycles. The van der Waals surface area contributed by atoms with E-state index >= 15 is 0 Å². The third-order valence-corrected chi connectivity index (χ3v) is 2.31. The van der Waals surface area contributed by atoms with Gasteiger partial charge < -0.3 is 19.8 Å². The molecule has 82 valence electrons. The molecule has 0 radical (unpaired) electrons. The molecule has 0 aromatic heterocycles. The maximum atomic E-state index is 11.6. The van der Waals surface area contributed by atoms with Crippen LogP contribution in [0.25, 0.3) is 0 Å². The first kappa shape index (κ1) is 11.4. The van der Waals surface area contributed by atoms with E-state index in [0.29, 0.717) is 32.6 Å². The van der Waals surface area contributed by atoms with E-state index in [1.807, 2.05) is 0 Å². The van der Waals surface area contributed by atoms with Crippen LogP contribution >= 0.6 is 0 Å². The van der Waals surface area contributed by atoms with Crippen molar-refractivity contribution < 1.29 is 19.7 Å². The number of aliphatic hydroxyl groups is 2. The molecule has 2 N–H and O–H groups in total. The molecule has 14 heavy (non-hydrogen) atoms. The molecule has 1 aliphatic heterocycles. The highest BCUT2D eigenvalue weighted by Gasteiger charge is 2.25. The highest BCUT2D eigenvalue weighted by atomic mass is 16.5. The number of carbonyl (C=O) groups excluding carboxylic acids is 1. The molecule has 0 aromatic carbocycles. The second-order valence-electron chi connectivity index (χ2n) is 3.33. The van der Waals surface area contributed by atoms with Crippen LogP contribution in [0.2, 0.25) is 0 Å². The van der Waals surface area contributed by atoms with E-state index in [4.69, 9.17) is 14.9 Å². The summed E-state index contributed by atoms with van der Waals surface area (Å²) in [6.07, 6.45) is 0.821. The van der Waals surface area contributed by atoms with E-state index in [2.05, 4.69) is 0 Å². The summed E-state index contributed by atoms with van der Waals surface area (Å²) < 4.78 is 5.15. The summed E-state index contributed by atoms with van der Waals surface area (Å²) >= 11 is 0. The molecule has 1 rings (SSSR count). The monoisotopic (exact) mass is 203 g/mol. The fraction of sp³-hybridized carbons (Fsp3) is 0.889. The molecule has 1 atom stereocenters. The second kappa shape index (κ2) is 5.95. The van der Waals surface area contributed by atoms with E-state index in [1.54, 1.807) is 4.90 Å². The Morgan fingerprint density at radius 2 is 2.29 bits per heavy atom. The van der Waals surface area contributed by atoms with Crippen LogP contribution in [-0.4, -0.2) is 60.0 Å². The first-order valence-corrected chi connectivity index (χ1v) is 4.88. The van der Waals surface area contributed by atoms with Crippen LogP contribution in [0, 0.1) is 0 Å². The Balaban J connectivity index is 2.41. The third kappa shape index (κ3) is 2.94. The zero-order valence-corrected chi connectivity index (χ0v) is 8.19. The van der Waals surface area contributed by atoms with Crippen molar-refractivity contribution >= 4 is 5.91 Å². The van der Waals surface area contributed by atoms with Crippen molar-refractivity contribution in [3.63, 3.8) is 0 Å². The molecule has 1 amide bonds. The van der Waals surface area contributed by atoms with E-state index in [1.165, 1.54) is 0 Å². The van der Waals surface area contributed by atoms with E-state index in [-0.39, 0.29) is 25.2 Å². The predicted molar refractivity (Wildman–Crippen MR) is 49.7 cm³/mol. The summed E-state index contributed by atoms with van der Waals surface area (Å²) in [6, 6.07) is -0.213. The number of rotatable bonds is 4. The fourth-order valence-electron chi connectivity index (χ4n) is 1.51. The minimum absolute atomic E-state index is 0.0126. The minimum Gasteiger partial charge on any atom is -0.396 e. The summed E-state index contributed by atoms with van der Waals surface area (Å²) in [7, 11) is 0. The van der Waals surface area contributed by atoms with Crippen molar-refractivity contribution in [1.29, 1.82) is 0 Å². The van der Waals surface area contributed by atoms with Crippen molar-refractivity contribution in [2.75, 3.05) is 33.0 Å². The number of ether oxygens (including phenoxy) is 1. The summed E-state index contributed by atoms with van der Waals surface area (Å²) in [4.78, 5) is 13.2. The fourth-order valence-corrected chi connectivity index (χ4v) is 1.51. The number of hydrogen-bond acceptors (Lipinski definition) is 4. The summed E-state index contributed by atoms with van der Waals surface area (Å²) in [5.41, 5.74) is 0. The number of nitrogens with zero attached hydrogens (tertiary/aromatic N) is 1. The van der Waals surface area contributed by atoms with E-state index in [0.717, 1.165) is 0 Å². The van der Waals surface area contributed by atoms with Gasteiger partial charge in [0.1, 0.15) is 0 Å². The lowest BCUT2D eigenvalue weighted by molar-refractivity contribution is -0.141. The van der Waals surface area contributed by atoms with Gasteiger partial charge in [-0.1, -0.05) is 0 Å². The first-order chi connectivity index (χ1) is 6.79. The van der Waals surface area contributed by atoms with Crippen molar-refractivity contribution in [3.8, 4) is 0 Å². The maximum Gasteiger partial charge on any atom is 0.223 e. The van der Waals surface area contributed by atoms with Crippen molar-refractivity contribution in [1.82, 2.24) is 4.90 Å². The van der Waals surface area contributed by atoms with Crippen molar-refractivity contribution in [2.24, 2.45) is 0 Å². The molecule has 0 aromatic rings. The Morgan fingerprint density at radius 1 is 1.50 bits per heavy atom. The maximum absolute atomic E-state index is 11.6. The predicted octanol–water partition coefficient (Wildman–Crippen LogP) is -1.02. The Hall–Kier alpha value is -0.650. The largest absolute Gasteiger partial charge is 0.396 e. The molecule has 1 unspecified atom stereocenters.